The Hall–Kier alpha value is -2.60. The number of carbonyl (C=O) groups is 2. The van der Waals surface area contributed by atoms with E-state index in [0.717, 1.165) is 16.7 Å². The van der Waals surface area contributed by atoms with Gasteiger partial charge in [0.25, 0.3) is 5.91 Å². The van der Waals surface area contributed by atoms with Gasteiger partial charge in [-0.25, -0.2) is 0 Å². The predicted molar refractivity (Wildman–Crippen MR) is 121 cm³/mol. The van der Waals surface area contributed by atoms with Crippen molar-refractivity contribution < 1.29 is 14.3 Å². The molecule has 0 aliphatic carbocycles. The van der Waals surface area contributed by atoms with Crippen LogP contribution in [0, 0.1) is 6.92 Å². The van der Waals surface area contributed by atoms with Crippen molar-refractivity contribution in [3.63, 3.8) is 0 Å². The molecule has 2 amide bonds. The summed E-state index contributed by atoms with van der Waals surface area (Å²) in [4.78, 5) is 24.5. The van der Waals surface area contributed by atoms with Gasteiger partial charge in [-0.1, -0.05) is 29.8 Å². The highest BCUT2D eigenvalue weighted by molar-refractivity contribution is 5.96. The Morgan fingerprint density at radius 2 is 1.87 bits per heavy atom. The third kappa shape index (κ3) is 6.73. The summed E-state index contributed by atoms with van der Waals surface area (Å²) in [6, 6.07) is 5.88. The maximum absolute atomic E-state index is 12.5. The minimum atomic E-state index is -0.362. The van der Waals surface area contributed by atoms with E-state index in [9.17, 15) is 9.59 Å². The first-order valence-corrected chi connectivity index (χ1v) is 10.4. The number of hydrogen-bond acceptors (Lipinski definition) is 4. The molecule has 6 nitrogen and oxygen atoms in total. The van der Waals surface area contributed by atoms with Gasteiger partial charge in [0.05, 0.1) is 0 Å². The largest absolute Gasteiger partial charge is 0.483 e. The zero-order valence-corrected chi connectivity index (χ0v) is 18.9. The minimum Gasteiger partial charge on any atom is -0.483 e. The third-order valence-electron chi connectivity index (χ3n) is 4.96. The van der Waals surface area contributed by atoms with Crippen molar-refractivity contribution in [2.75, 3.05) is 19.7 Å². The highest BCUT2D eigenvalue weighted by Crippen LogP contribution is 2.29. The van der Waals surface area contributed by atoms with Crippen LogP contribution < -0.4 is 20.7 Å². The van der Waals surface area contributed by atoms with Crippen LogP contribution in [0.25, 0.3) is 0 Å². The molecule has 1 aliphatic rings. The highest BCUT2D eigenvalue weighted by atomic mass is 16.5. The van der Waals surface area contributed by atoms with E-state index >= 15 is 0 Å². The topological polar surface area (TPSA) is 79.5 Å². The zero-order chi connectivity index (χ0) is 22.4. The Balaban J connectivity index is 1.70. The summed E-state index contributed by atoms with van der Waals surface area (Å²) in [5, 5.41) is 9.19. The van der Waals surface area contributed by atoms with Crippen LogP contribution in [0.2, 0.25) is 0 Å². The molecule has 2 rings (SSSR count). The molecule has 1 aromatic carbocycles. The number of amides is 2. The molecule has 0 fully saturated rings. The van der Waals surface area contributed by atoms with Crippen molar-refractivity contribution in [2.45, 2.75) is 58.5 Å². The second-order valence-electron chi connectivity index (χ2n) is 8.88. The van der Waals surface area contributed by atoms with E-state index in [1.807, 2.05) is 65.0 Å². The Bertz CT molecular complexity index is 825. The average Bonchev–Trinajstić information content (AvgIpc) is 2.88. The number of nitrogens with one attached hydrogen (secondary N) is 3. The molecule has 0 atom stereocenters. The van der Waals surface area contributed by atoms with Gasteiger partial charge in [-0.2, -0.15) is 0 Å². The van der Waals surface area contributed by atoms with Gasteiger partial charge in [-0.05, 0) is 59.1 Å². The lowest BCUT2D eigenvalue weighted by molar-refractivity contribution is -0.123. The van der Waals surface area contributed by atoms with E-state index in [1.54, 1.807) is 0 Å². The molecular formula is C24H35N3O3. The Morgan fingerprint density at radius 1 is 1.17 bits per heavy atom. The van der Waals surface area contributed by atoms with Crippen LogP contribution in [-0.4, -0.2) is 42.6 Å². The lowest BCUT2D eigenvalue weighted by Crippen LogP contribution is -2.47. The van der Waals surface area contributed by atoms with Gasteiger partial charge in [0.15, 0.2) is 6.61 Å². The second-order valence-corrected chi connectivity index (χ2v) is 8.88. The van der Waals surface area contributed by atoms with E-state index in [4.69, 9.17) is 4.74 Å². The van der Waals surface area contributed by atoms with Crippen LogP contribution in [0.3, 0.4) is 0 Å². The highest BCUT2D eigenvalue weighted by Gasteiger charge is 2.39. The molecule has 0 radical (unpaired) electrons. The van der Waals surface area contributed by atoms with E-state index in [0.29, 0.717) is 31.7 Å². The molecule has 0 saturated carbocycles. The Kier molecular flexibility index (Phi) is 7.84. The fraction of sp³-hybridized carbons (Fsp3) is 0.500. The first-order chi connectivity index (χ1) is 14.0. The molecule has 0 unspecified atom stereocenters. The van der Waals surface area contributed by atoms with Gasteiger partial charge < -0.3 is 15.4 Å². The minimum absolute atomic E-state index is 0.0403. The first kappa shape index (κ1) is 23.7. The lowest BCUT2D eigenvalue weighted by atomic mass is 9.96. The predicted octanol–water partition coefficient (Wildman–Crippen LogP) is 2.81. The van der Waals surface area contributed by atoms with E-state index in [-0.39, 0.29) is 29.5 Å². The summed E-state index contributed by atoms with van der Waals surface area (Å²) in [7, 11) is 0. The summed E-state index contributed by atoms with van der Waals surface area (Å²) in [6.45, 7) is 14.8. The van der Waals surface area contributed by atoms with Gasteiger partial charge in [-0.15, -0.1) is 6.58 Å². The molecule has 6 heteroatoms. The number of aryl methyl sites for hydroxylation is 1. The Labute approximate surface area is 180 Å². The maximum atomic E-state index is 12.5. The maximum Gasteiger partial charge on any atom is 0.257 e. The summed E-state index contributed by atoms with van der Waals surface area (Å²) in [5.74, 6) is 0.450. The van der Waals surface area contributed by atoms with Crippen molar-refractivity contribution in [3.05, 3.63) is 53.6 Å². The zero-order valence-electron chi connectivity index (χ0n) is 18.9. The molecule has 30 heavy (non-hydrogen) atoms. The first-order valence-electron chi connectivity index (χ1n) is 10.4. The third-order valence-corrected chi connectivity index (χ3v) is 4.96. The normalized spacial score (nSPS) is 16.5. The number of hydrogen-bond donors (Lipinski definition) is 3. The standard InChI is InChI=1S/C24H35N3O3/c1-7-9-18-14-17(2)10-11-20(18)30-16-21(28)25-12-8-13-26-22(29)19-15-23(3,4)27-24(19,5)6/h7,10-11,14-15,27H,1,8-9,12-13,16H2,2-6H3,(H,25,28)(H,26,29). The van der Waals surface area contributed by atoms with Gasteiger partial charge >= 0.3 is 0 Å². The SMILES string of the molecule is C=CCc1cc(C)ccc1OCC(=O)NCCCNC(=O)C1=CC(C)(C)NC1(C)C. The molecule has 1 aliphatic heterocycles. The smallest absolute Gasteiger partial charge is 0.257 e. The molecule has 1 aromatic rings. The summed E-state index contributed by atoms with van der Waals surface area (Å²) in [6.07, 6.45) is 5.13. The fourth-order valence-electron chi connectivity index (χ4n) is 3.77. The van der Waals surface area contributed by atoms with Gasteiger partial charge in [-0.3, -0.25) is 14.9 Å². The molecule has 1 heterocycles. The Morgan fingerprint density at radius 3 is 2.50 bits per heavy atom. The summed E-state index contributed by atoms with van der Waals surface area (Å²) in [5.41, 5.74) is 2.34. The van der Waals surface area contributed by atoms with Gasteiger partial charge in [0.2, 0.25) is 5.91 Å². The molecule has 164 valence electrons. The van der Waals surface area contributed by atoms with Crippen molar-refractivity contribution in [3.8, 4) is 5.75 Å². The van der Waals surface area contributed by atoms with Gasteiger partial charge in [0.1, 0.15) is 5.75 Å². The van der Waals surface area contributed by atoms with E-state index in [1.165, 1.54) is 0 Å². The number of carbonyl (C=O) groups excluding carboxylic acids is 2. The molecule has 0 saturated heterocycles. The monoisotopic (exact) mass is 413 g/mol. The quantitative estimate of drug-likeness (QED) is 0.407. The van der Waals surface area contributed by atoms with Crippen LogP contribution >= 0.6 is 0 Å². The van der Waals surface area contributed by atoms with Crippen LogP contribution in [0.5, 0.6) is 5.75 Å². The van der Waals surface area contributed by atoms with Crippen LogP contribution in [-0.2, 0) is 16.0 Å². The molecular weight excluding hydrogens is 378 g/mol. The van der Waals surface area contributed by atoms with E-state index < -0.39 is 0 Å². The number of rotatable bonds is 10. The summed E-state index contributed by atoms with van der Waals surface area (Å²) < 4.78 is 5.67. The van der Waals surface area contributed by atoms with Crippen molar-refractivity contribution in [2.24, 2.45) is 0 Å². The lowest BCUT2D eigenvalue weighted by Gasteiger charge is -2.27. The van der Waals surface area contributed by atoms with Crippen molar-refractivity contribution in [1.29, 1.82) is 0 Å². The van der Waals surface area contributed by atoms with E-state index in [2.05, 4.69) is 22.5 Å². The van der Waals surface area contributed by atoms with Crippen molar-refractivity contribution in [1.82, 2.24) is 16.0 Å². The fourth-order valence-corrected chi connectivity index (χ4v) is 3.77. The molecule has 3 N–H and O–H groups in total. The van der Waals surface area contributed by atoms with Crippen LogP contribution in [0.15, 0.2) is 42.5 Å². The second kappa shape index (κ2) is 9.94. The number of allylic oxidation sites excluding steroid dienone is 1. The van der Waals surface area contributed by atoms with Crippen molar-refractivity contribution >= 4 is 11.8 Å². The summed E-state index contributed by atoms with van der Waals surface area (Å²) >= 11 is 0. The molecule has 0 spiro atoms. The van der Waals surface area contributed by atoms with Gasteiger partial charge in [0, 0.05) is 29.7 Å². The van der Waals surface area contributed by atoms with Crippen LogP contribution in [0.1, 0.15) is 45.2 Å². The molecule has 0 aromatic heterocycles. The van der Waals surface area contributed by atoms with Crippen LogP contribution in [0.4, 0.5) is 0 Å². The average molecular weight is 414 g/mol. The number of ether oxygens (including phenoxy) is 1. The molecule has 0 bridgehead atoms. The number of benzene rings is 1.